The van der Waals surface area contributed by atoms with Gasteiger partial charge in [-0.2, -0.15) is 0 Å². The Morgan fingerprint density at radius 3 is 2.80 bits per heavy atom. The Balaban J connectivity index is 1.86. The molecule has 0 aromatic carbocycles. The highest BCUT2D eigenvalue weighted by Crippen LogP contribution is 2.38. The van der Waals surface area contributed by atoms with Crippen LogP contribution in [-0.2, 0) is 6.42 Å². The molecule has 0 saturated heterocycles. The molecule has 0 spiro atoms. The Kier molecular flexibility index (Phi) is 7.09. The standard InChI is InChI=1S/C18H31NS/c1-3-6-15-8-9-17(14-19-4-2)16(13-15)10-11-18-7-5-12-20-18/h5,7,12,15-17,19H,3-4,6,8-11,13-14H2,1-2H3. The summed E-state index contributed by atoms with van der Waals surface area (Å²) in [6, 6.07) is 4.49. The average Bonchev–Trinajstić information content (AvgIpc) is 2.97. The van der Waals surface area contributed by atoms with Gasteiger partial charge in [0.25, 0.3) is 0 Å². The summed E-state index contributed by atoms with van der Waals surface area (Å²) in [6.45, 7) is 6.92. The van der Waals surface area contributed by atoms with E-state index in [1.54, 1.807) is 4.88 Å². The van der Waals surface area contributed by atoms with E-state index in [9.17, 15) is 0 Å². The van der Waals surface area contributed by atoms with Crippen molar-refractivity contribution in [2.75, 3.05) is 13.1 Å². The molecule has 2 rings (SSSR count). The maximum absolute atomic E-state index is 3.59. The molecule has 3 unspecified atom stereocenters. The third-order valence-electron chi connectivity index (χ3n) is 4.94. The minimum absolute atomic E-state index is 0.919. The van der Waals surface area contributed by atoms with Gasteiger partial charge < -0.3 is 5.32 Å². The minimum atomic E-state index is 0.919. The molecule has 1 aromatic rings. The van der Waals surface area contributed by atoms with Crippen LogP contribution in [0.5, 0.6) is 0 Å². The summed E-state index contributed by atoms with van der Waals surface area (Å²) < 4.78 is 0. The zero-order valence-electron chi connectivity index (χ0n) is 13.2. The van der Waals surface area contributed by atoms with E-state index >= 15 is 0 Å². The first-order valence-electron chi connectivity index (χ1n) is 8.56. The Hall–Kier alpha value is -0.340. The lowest BCUT2D eigenvalue weighted by Crippen LogP contribution is -2.33. The molecular weight excluding hydrogens is 262 g/mol. The molecule has 1 aliphatic rings. The van der Waals surface area contributed by atoms with Crippen molar-refractivity contribution in [2.24, 2.45) is 17.8 Å². The second-order valence-corrected chi connectivity index (χ2v) is 7.45. The van der Waals surface area contributed by atoms with E-state index in [1.165, 1.54) is 51.5 Å². The summed E-state index contributed by atoms with van der Waals surface area (Å²) in [5.74, 6) is 2.87. The van der Waals surface area contributed by atoms with E-state index in [4.69, 9.17) is 0 Å². The molecule has 2 heteroatoms. The minimum Gasteiger partial charge on any atom is -0.317 e. The third kappa shape index (κ3) is 4.89. The zero-order valence-corrected chi connectivity index (χ0v) is 14.1. The molecule has 0 radical (unpaired) electrons. The molecule has 1 N–H and O–H groups in total. The van der Waals surface area contributed by atoms with Gasteiger partial charge in [-0.25, -0.2) is 0 Å². The molecule has 0 aliphatic heterocycles. The Bertz CT molecular complexity index is 346. The van der Waals surface area contributed by atoms with Crippen LogP contribution in [0.2, 0.25) is 0 Å². The van der Waals surface area contributed by atoms with Crippen LogP contribution in [0.15, 0.2) is 17.5 Å². The number of hydrogen-bond donors (Lipinski definition) is 1. The first-order valence-corrected chi connectivity index (χ1v) is 9.44. The lowest BCUT2D eigenvalue weighted by molar-refractivity contribution is 0.160. The van der Waals surface area contributed by atoms with E-state index in [1.807, 2.05) is 11.3 Å². The van der Waals surface area contributed by atoms with Crippen LogP contribution >= 0.6 is 11.3 Å². The van der Waals surface area contributed by atoms with Crippen molar-refractivity contribution in [2.45, 2.75) is 58.8 Å². The molecule has 3 atom stereocenters. The monoisotopic (exact) mass is 293 g/mol. The van der Waals surface area contributed by atoms with Crippen molar-refractivity contribution in [1.29, 1.82) is 0 Å². The maximum Gasteiger partial charge on any atom is 0.00453 e. The molecule has 1 aromatic heterocycles. The highest BCUT2D eigenvalue weighted by Gasteiger charge is 2.29. The topological polar surface area (TPSA) is 12.0 Å². The number of hydrogen-bond acceptors (Lipinski definition) is 2. The first-order chi connectivity index (χ1) is 9.83. The van der Waals surface area contributed by atoms with Gasteiger partial charge in [-0.1, -0.05) is 39.2 Å². The number of nitrogens with one attached hydrogen (secondary N) is 1. The SMILES string of the molecule is CCCC1CCC(CNCC)C(CCc2cccs2)C1. The fourth-order valence-corrected chi connectivity index (χ4v) is 4.55. The number of rotatable bonds is 8. The molecule has 1 fully saturated rings. The van der Waals surface area contributed by atoms with Crippen LogP contribution in [0.4, 0.5) is 0 Å². The van der Waals surface area contributed by atoms with Crippen LogP contribution < -0.4 is 5.32 Å². The zero-order chi connectivity index (χ0) is 14.2. The second-order valence-electron chi connectivity index (χ2n) is 6.41. The smallest absolute Gasteiger partial charge is 0.00453 e. The van der Waals surface area contributed by atoms with Crippen LogP contribution in [0.1, 0.15) is 57.2 Å². The number of thiophene rings is 1. The molecule has 0 amide bonds. The highest BCUT2D eigenvalue weighted by atomic mass is 32.1. The first kappa shape index (κ1) is 16.0. The molecule has 114 valence electrons. The second kappa shape index (κ2) is 8.84. The largest absolute Gasteiger partial charge is 0.317 e. The quantitative estimate of drug-likeness (QED) is 0.701. The van der Waals surface area contributed by atoms with Gasteiger partial charge in [-0.3, -0.25) is 0 Å². The summed E-state index contributed by atoms with van der Waals surface area (Å²) in [4.78, 5) is 1.57. The van der Waals surface area contributed by atoms with Crippen molar-refractivity contribution < 1.29 is 0 Å². The summed E-state index contributed by atoms with van der Waals surface area (Å²) in [7, 11) is 0. The van der Waals surface area contributed by atoms with E-state index in [0.717, 1.165) is 24.3 Å². The molecule has 1 nitrogen and oxygen atoms in total. The summed E-state index contributed by atoms with van der Waals surface area (Å²) in [5, 5.41) is 5.81. The summed E-state index contributed by atoms with van der Waals surface area (Å²) >= 11 is 1.93. The van der Waals surface area contributed by atoms with Gasteiger partial charge in [0.15, 0.2) is 0 Å². The van der Waals surface area contributed by atoms with Crippen molar-refractivity contribution in [3.8, 4) is 0 Å². The predicted octanol–water partition coefficient (Wildman–Crippen LogP) is 5.12. The fourth-order valence-electron chi connectivity index (χ4n) is 3.83. The van der Waals surface area contributed by atoms with Gasteiger partial charge in [0.2, 0.25) is 0 Å². The van der Waals surface area contributed by atoms with Crippen LogP contribution in [0.25, 0.3) is 0 Å². The summed E-state index contributed by atoms with van der Waals surface area (Å²) in [6.07, 6.45) is 9.91. The number of aryl methyl sites for hydroxylation is 1. The maximum atomic E-state index is 3.59. The van der Waals surface area contributed by atoms with Crippen molar-refractivity contribution in [1.82, 2.24) is 5.32 Å². The third-order valence-corrected chi connectivity index (χ3v) is 5.88. The van der Waals surface area contributed by atoms with E-state index < -0.39 is 0 Å². The Morgan fingerprint density at radius 2 is 2.10 bits per heavy atom. The van der Waals surface area contributed by atoms with Crippen molar-refractivity contribution in [3.63, 3.8) is 0 Å². The van der Waals surface area contributed by atoms with Gasteiger partial charge >= 0.3 is 0 Å². The van der Waals surface area contributed by atoms with Crippen LogP contribution in [-0.4, -0.2) is 13.1 Å². The highest BCUT2D eigenvalue weighted by molar-refractivity contribution is 7.09. The lowest BCUT2D eigenvalue weighted by atomic mass is 9.71. The van der Waals surface area contributed by atoms with Gasteiger partial charge in [-0.15, -0.1) is 11.3 Å². The van der Waals surface area contributed by atoms with Crippen LogP contribution in [0, 0.1) is 17.8 Å². The summed E-state index contributed by atoms with van der Waals surface area (Å²) in [5.41, 5.74) is 0. The Morgan fingerprint density at radius 1 is 1.20 bits per heavy atom. The fraction of sp³-hybridized carbons (Fsp3) is 0.778. The molecule has 20 heavy (non-hydrogen) atoms. The average molecular weight is 294 g/mol. The Labute approximate surface area is 129 Å². The van der Waals surface area contributed by atoms with Crippen molar-refractivity contribution >= 4 is 11.3 Å². The van der Waals surface area contributed by atoms with E-state index in [-0.39, 0.29) is 0 Å². The van der Waals surface area contributed by atoms with Gasteiger partial charge in [0, 0.05) is 4.88 Å². The van der Waals surface area contributed by atoms with Gasteiger partial charge in [-0.05, 0) is 68.0 Å². The molecular formula is C18H31NS. The van der Waals surface area contributed by atoms with Gasteiger partial charge in [0.1, 0.15) is 0 Å². The normalized spacial score (nSPS) is 26.8. The van der Waals surface area contributed by atoms with E-state index in [2.05, 4.69) is 36.7 Å². The van der Waals surface area contributed by atoms with E-state index in [0.29, 0.717) is 0 Å². The van der Waals surface area contributed by atoms with Gasteiger partial charge in [0.05, 0.1) is 0 Å². The molecule has 0 bridgehead atoms. The molecule has 1 aliphatic carbocycles. The van der Waals surface area contributed by atoms with Crippen molar-refractivity contribution in [3.05, 3.63) is 22.4 Å². The predicted molar refractivity (Wildman–Crippen MR) is 90.4 cm³/mol. The lowest BCUT2D eigenvalue weighted by Gasteiger charge is -2.36. The van der Waals surface area contributed by atoms with Crippen LogP contribution in [0.3, 0.4) is 0 Å². The molecule has 1 heterocycles. The molecule has 1 saturated carbocycles.